The predicted molar refractivity (Wildman–Crippen MR) is 111 cm³/mol. The second-order valence-corrected chi connectivity index (χ2v) is 7.47. The SMILES string of the molecule is N#Cc1ccc(N(I)c2cccc3c2sc2c(C#N)cccc23)cc1. The Balaban J connectivity index is 1.92. The zero-order chi connectivity index (χ0) is 17.4. The summed E-state index contributed by atoms with van der Waals surface area (Å²) >= 11 is 3.93. The van der Waals surface area contributed by atoms with Crippen molar-refractivity contribution < 1.29 is 0 Å². The molecule has 0 N–H and O–H groups in total. The van der Waals surface area contributed by atoms with E-state index in [0.717, 1.165) is 31.5 Å². The molecule has 4 rings (SSSR count). The standard InChI is InChI=1S/C20H10IN3S/c21-24(15-9-7-13(11-22)8-10-15)18-6-2-5-17-16-4-1-3-14(12-23)19(16)25-20(17)18/h1-10H. The number of rotatable bonds is 2. The first-order valence-electron chi connectivity index (χ1n) is 7.53. The molecule has 0 bridgehead atoms. The van der Waals surface area contributed by atoms with E-state index in [0.29, 0.717) is 11.1 Å². The van der Waals surface area contributed by atoms with Crippen LogP contribution in [0, 0.1) is 22.7 Å². The van der Waals surface area contributed by atoms with E-state index in [1.165, 1.54) is 0 Å². The Kier molecular flexibility index (Phi) is 4.04. The van der Waals surface area contributed by atoms with Gasteiger partial charge in [-0.2, -0.15) is 10.5 Å². The largest absolute Gasteiger partial charge is 0.282 e. The molecular weight excluding hydrogens is 441 g/mol. The van der Waals surface area contributed by atoms with Crippen molar-refractivity contribution >= 4 is 65.7 Å². The highest BCUT2D eigenvalue weighted by Crippen LogP contribution is 2.43. The number of nitriles is 2. The quantitative estimate of drug-likeness (QED) is 0.266. The number of thiophene rings is 1. The Morgan fingerprint density at radius 1 is 0.800 bits per heavy atom. The molecular formula is C20H10IN3S. The van der Waals surface area contributed by atoms with Crippen molar-refractivity contribution in [1.29, 1.82) is 10.5 Å². The minimum absolute atomic E-state index is 0.646. The van der Waals surface area contributed by atoms with Crippen LogP contribution in [0.2, 0.25) is 0 Å². The van der Waals surface area contributed by atoms with E-state index < -0.39 is 0 Å². The molecule has 0 aliphatic rings. The molecule has 0 aliphatic heterocycles. The molecule has 3 aromatic carbocycles. The van der Waals surface area contributed by atoms with Gasteiger partial charge < -0.3 is 0 Å². The number of hydrogen-bond donors (Lipinski definition) is 0. The fourth-order valence-corrected chi connectivity index (χ4v) is 5.01. The molecule has 0 radical (unpaired) electrons. The van der Waals surface area contributed by atoms with Crippen molar-refractivity contribution in [2.75, 3.05) is 3.11 Å². The number of hydrogen-bond acceptors (Lipinski definition) is 4. The number of nitrogens with zero attached hydrogens (tertiary/aromatic N) is 3. The van der Waals surface area contributed by atoms with Crippen molar-refractivity contribution in [3.05, 3.63) is 71.8 Å². The van der Waals surface area contributed by atoms with Gasteiger partial charge in [0.15, 0.2) is 0 Å². The number of fused-ring (bicyclic) bond motifs is 3. The Morgan fingerprint density at radius 3 is 2.16 bits per heavy atom. The molecule has 0 fully saturated rings. The molecule has 0 saturated heterocycles. The van der Waals surface area contributed by atoms with Crippen LogP contribution < -0.4 is 3.11 Å². The molecule has 0 unspecified atom stereocenters. The zero-order valence-electron chi connectivity index (χ0n) is 12.9. The van der Waals surface area contributed by atoms with Gasteiger partial charge in [-0.15, -0.1) is 11.3 Å². The first-order valence-corrected chi connectivity index (χ1v) is 9.31. The fraction of sp³-hybridized carbons (Fsp3) is 0. The van der Waals surface area contributed by atoms with Gasteiger partial charge >= 0.3 is 0 Å². The molecule has 0 atom stereocenters. The van der Waals surface area contributed by atoms with Gasteiger partial charge in [-0.05, 0) is 36.4 Å². The van der Waals surface area contributed by atoms with Gasteiger partial charge in [0.1, 0.15) is 6.07 Å². The van der Waals surface area contributed by atoms with Crippen LogP contribution in [0.3, 0.4) is 0 Å². The minimum Gasteiger partial charge on any atom is -0.282 e. The van der Waals surface area contributed by atoms with Gasteiger partial charge in [0.25, 0.3) is 0 Å². The number of anilines is 2. The summed E-state index contributed by atoms with van der Waals surface area (Å²) in [5.41, 5.74) is 3.44. The normalized spacial score (nSPS) is 10.5. The Bertz CT molecular complexity index is 1180. The van der Waals surface area contributed by atoms with Crippen LogP contribution in [0.15, 0.2) is 60.7 Å². The lowest BCUT2D eigenvalue weighted by Gasteiger charge is -2.17. The highest BCUT2D eigenvalue weighted by Gasteiger charge is 2.15. The fourth-order valence-electron chi connectivity index (χ4n) is 2.85. The van der Waals surface area contributed by atoms with Crippen LogP contribution in [0.5, 0.6) is 0 Å². The van der Waals surface area contributed by atoms with Gasteiger partial charge in [0.2, 0.25) is 0 Å². The van der Waals surface area contributed by atoms with Gasteiger partial charge in [-0.3, -0.25) is 3.11 Å². The average Bonchev–Trinajstić information content (AvgIpc) is 3.06. The third-order valence-corrected chi connectivity index (χ3v) is 6.41. The van der Waals surface area contributed by atoms with E-state index in [4.69, 9.17) is 5.26 Å². The van der Waals surface area contributed by atoms with E-state index in [1.54, 1.807) is 11.3 Å². The smallest absolute Gasteiger partial charge is 0.101 e. The van der Waals surface area contributed by atoms with Gasteiger partial charge in [0.05, 0.1) is 60.8 Å². The number of benzene rings is 3. The maximum absolute atomic E-state index is 9.39. The number of halogens is 1. The lowest BCUT2D eigenvalue weighted by atomic mass is 10.1. The van der Waals surface area contributed by atoms with Crippen molar-refractivity contribution in [3.63, 3.8) is 0 Å². The summed E-state index contributed by atoms with van der Waals surface area (Å²) < 4.78 is 4.26. The van der Waals surface area contributed by atoms with E-state index in [9.17, 15) is 5.26 Å². The van der Waals surface area contributed by atoms with Crippen molar-refractivity contribution in [3.8, 4) is 12.1 Å². The Labute approximate surface area is 162 Å². The maximum atomic E-state index is 9.39. The Hall–Kier alpha value is -2.61. The summed E-state index contributed by atoms with van der Waals surface area (Å²) in [6, 6.07) is 24.0. The highest BCUT2D eigenvalue weighted by molar-refractivity contribution is 14.1. The van der Waals surface area contributed by atoms with Gasteiger partial charge in [-0.25, -0.2) is 0 Å². The van der Waals surface area contributed by atoms with Crippen molar-refractivity contribution in [1.82, 2.24) is 0 Å². The van der Waals surface area contributed by atoms with Gasteiger partial charge in [0, 0.05) is 10.8 Å². The van der Waals surface area contributed by atoms with Crippen LogP contribution in [0.4, 0.5) is 11.4 Å². The Morgan fingerprint density at radius 2 is 1.48 bits per heavy atom. The summed E-state index contributed by atoms with van der Waals surface area (Å²) in [4.78, 5) is 0. The summed E-state index contributed by atoms with van der Waals surface area (Å²) in [6.45, 7) is 0. The van der Waals surface area contributed by atoms with Crippen molar-refractivity contribution in [2.24, 2.45) is 0 Å². The maximum Gasteiger partial charge on any atom is 0.101 e. The van der Waals surface area contributed by atoms with Gasteiger partial charge in [-0.1, -0.05) is 24.3 Å². The van der Waals surface area contributed by atoms with Crippen molar-refractivity contribution in [2.45, 2.75) is 0 Å². The average molecular weight is 451 g/mol. The van der Waals surface area contributed by atoms with Crippen LogP contribution >= 0.6 is 34.2 Å². The minimum atomic E-state index is 0.646. The first kappa shape index (κ1) is 15.9. The highest BCUT2D eigenvalue weighted by atomic mass is 127. The lowest BCUT2D eigenvalue weighted by Crippen LogP contribution is -2.00. The summed E-state index contributed by atoms with van der Waals surface area (Å²) in [6.07, 6.45) is 0. The molecule has 5 heteroatoms. The monoisotopic (exact) mass is 451 g/mol. The zero-order valence-corrected chi connectivity index (χ0v) is 15.9. The molecule has 0 aliphatic carbocycles. The first-order chi connectivity index (χ1) is 12.2. The van der Waals surface area contributed by atoms with E-state index in [1.807, 2.05) is 42.5 Å². The summed E-state index contributed by atoms with van der Waals surface area (Å²) in [5.74, 6) is 0. The molecule has 25 heavy (non-hydrogen) atoms. The van der Waals surface area contributed by atoms with E-state index >= 15 is 0 Å². The molecule has 3 nitrogen and oxygen atoms in total. The van der Waals surface area contributed by atoms with E-state index in [-0.39, 0.29) is 0 Å². The lowest BCUT2D eigenvalue weighted by molar-refractivity contribution is 1.46. The van der Waals surface area contributed by atoms with E-state index in [2.05, 4.69) is 56.3 Å². The van der Waals surface area contributed by atoms with Crippen LogP contribution in [-0.2, 0) is 0 Å². The molecule has 1 heterocycles. The summed E-state index contributed by atoms with van der Waals surface area (Å²) in [7, 11) is 0. The molecule has 118 valence electrons. The molecule has 0 spiro atoms. The molecule has 1 aromatic heterocycles. The van der Waals surface area contributed by atoms with Crippen LogP contribution in [-0.4, -0.2) is 0 Å². The molecule has 0 saturated carbocycles. The van der Waals surface area contributed by atoms with Crippen LogP contribution in [0.25, 0.3) is 20.2 Å². The topological polar surface area (TPSA) is 50.8 Å². The molecule has 4 aromatic rings. The molecule has 0 amide bonds. The third kappa shape index (κ3) is 2.62. The summed E-state index contributed by atoms with van der Waals surface area (Å²) in [5, 5.41) is 20.6. The third-order valence-electron chi connectivity index (χ3n) is 4.06. The second kappa shape index (κ2) is 6.36. The van der Waals surface area contributed by atoms with Crippen LogP contribution in [0.1, 0.15) is 11.1 Å². The second-order valence-electron chi connectivity index (χ2n) is 5.49. The predicted octanol–water partition coefficient (Wildman–Crippen LogP) is 6.29.